The van der Waals surface area contributed by atoms with Crippen LogP contribution in [0, 0.1) is 12.3 Å². The molecule has 0 radical (unpaired) electrons. The fourth-order valence-corrected chi connectivity index (χ4v) is 9.18. The van der Waals surface area contributed by atoms with Crippen LogP contribution < -0.4 is 14.4 Å². The lowest BCUT2D eigenvalue weighted by molar-refractivity contribution is -0.0628. The molecule has 1 unspecified atom stereocenters. The summed E-state index contributed by atoms with van der Waals surface area (Å²) < 4.78 is 11.8. The van der Waals surface area contributed by atoms with Gasteiger partial charge in [-0.2, -0.15) is 0 Å². The van der Waals surface area contributed by atoms with E-state index in [1.807, 2.05) is 30.5 Å². The molecule has 2 aromatic heterocycles. The lowest BCUT2D eigenvalue weighted by Crippen LogP contribution is -2.60. The van der Waals surface area contributed by atoms with Gasteiger partial charge in [0, 0.05) is 74.7 Å². The van der Waals surface area contributed by atoms with Crippen molar-refractivity contribution >= 4 is 23.0 Å². The van der Waals surface area contributed by atoms with Crippen molar-refractivity contribution in [1.29, 1.82) is 0 Å². The molecule has 3 aromatic carbocycles. The number of piperidine rings is 1. The number of piperazine rings is 1. The number of anilines is 1. The Hall–Kier alpha value is -4.66. The van der Waals surface area contributed by atoms with E-state index in [-0.39, 0.29) is 0 Å². The number of fused-ring (bicyclic) bond motifs is 1. The Morgan fingerprint density at radius 2 is 1.79 bits per heavy atom. The maximum Gasteiger partial charge on any atom is 0.153 e. The van der Waals surface area contributed by atoms with Crippen molar-refractivity contribution < 1.29 is 14.3 Å². The van der Waals surface area contributed by atoms with Gasteiger partial charge in [0.15, 0.2) is 6.29 Å². The van der Waals surface area contributed by atoms with E-state index in [2.05, 4.69) is 94.0 Å². The fraction of sp³-hybridized carbons (Fsp3) is 0.409. The second-order valence-electron chi connectivity index (χ2n) is 15.7. The van der Waals surface area contributed by atoms with Crippen LogP contribution in [0.5, 0.6) is 17.2 Å². The Kier molecular flexibility index (Phi) is 9.53. The number of carbonyl (C=O) groups is 1. The number of aromatic nitrogens is 2. The lowest BCUT2D eigenvalue weighted by Gasteiger charge is -2.58. The van der Waals surface area contributed by atoms with Crippen LogP contribution in [0.15, 0.2) is 85.2 Å². The number of ether oxygens (including phenoxy) is 2. The summed E-state index contributed by atoms with van der Waals surface area (Å²) in [5.74, 6) is 2.63. The summed E-state index contributed by atoms with van der Waals surface area (Å²) in [7, 11) is 1.75. The van der Waals surface area contributed by atoms with E-state index >= 15 is 0 Å². The van der Waals surface area contributed by atoms with Crippen LogP contribution in [0.1, 0.15) is 84.1 Å². The molecule has 2 saturated heterocycles. The standard InChI is InChI=1S/C44H51N5O3/c1-30(2)38-7-5-6-8-39(38)40-28-47(27-32-9-12-41(51-4)31(3)21-32)19-20-49(40)36-24-44(25-36)14-17-48(18-15-44)35-11-10-34(29-50)42(23-35)52-37-22-33-13-16-45-43(33)46-26-37/h5-13,16,21-23,26,29-30,36,40H,14-15,17-20,24-25,27-28H2,1-4H3,(H,45,46). The predicted octanol–water partition coefficient (Wildman–Crippen LogP) is 8.92. The third-order valence-corrected chi connectivity index (χ3v) is 12.1. The largest absolute Gasteiger partial charge is 0.496 e. The lowest BCUT2D eigenvalue weighted by atomic mass is 9.59. The summed E-state index contributed by atoms with van der Waals surface area (Å²) in [5.41, 5.74) is 8.40. The Morgan fingerprint density at radius 1 is 0.962 bits per heavy atom. The molecule has 2 aliphatic heterocycles. The molecule has 1 aliphatic carbocycles. The molecule has 4 heterocycles. The van der Waals surface area contributed by atoms with Crippen molar-refractivity contribution in [2.24, 2.45) is 5.41 Å². The van der Waals surface area contributed by atoms with Crippen LogP contribution in [0.3, 0.4) is 0 Å². The molecule has 52 heavy (non-hydrogen) atoms. The molecule has 270 valence electrons. The first-order valence-corrected chi connectivity index (χ1v) is 19.0. The molecule has 8 nitrogen and oxygen atoms in total. The average molecular weight is 698 g/mol. The summed E-state index contributed by atoms with van der Waals surface area (Å²) in [6, 6.07) is 26.7. The normalized spacial score (nSPS) is 19.6. The van der Waals surface area contributed by atoms with Crippen molar-refractivity contribution in [3.63, 3.8) is 0 Å². The maximum atomic E-state index is 11.9. The molecular weight excluding hydrogens is 647 g/mol. The zero-order valence-electron chi connectivity index (χ0n) is 31.0. The summed E-state index contributed by atoms with van der Waals surface area (Å²) in [4.78, 5) is 27.5. The van der Waals surface area contributed by atoms with Crippen molar-refractivity contribution in [1.82, 2.24) is 19.8 Å². The van der Waals surface area contributed by atoms with Gasteiger partial charge in [-0.15, -0.1) is 0 Å². The third kappa shape index (κ3) is 6.82. The van der Waals surface area contributed by atoms with E-state index < -0.39 is 0 Å². The first kappa shape index (κ1) is 34.4. The van der Waals surface area contributed by atoms with Crippen LogP contribution in [0.2, 0.25) is 0 Å². The van der Waals surface area contributed by atoms with Crippen LogP contribution in [-0.2, 0) is 6.54 Å². The van der Waals surface area contributed by atoms with Crippen molar-refractivity contribution in [3.05, 3.63) is 113 Å². The van der Waals surface area contributed by atoms with Crippen molar-refractivity contribution in [2.45, 2.75) is 71.0 Å². The van der Waals surface area contributed by atoms with Gasteiger partial charge in [0.05, 0.1) is 18.9 Å². The zero-order valence-corrected chi connectivity index (χ0v) is 31.0. The van der Waals surface area contributed by atoms with Crippen LogP contribution >= 0.6 is 0 Å². The minimum absolute atomic E-state index is 0.386. The Balaban J connectivity index is 0.941. The molecule has 1 atom stereocenters. The number of aldehydes is 1. The Labute approximate surface area is 307 Å². The summed E-state index contributed by atoms with van der Waals surface area (Å²) in [5, 5.41) is 0.974. The zero-order chi connectivity index (χ0) is 35.8. The number of aryl methyl sites for hydroxylation is 1. The monoisotopic (exact) mass is 697 g/mol. The highest BCUT2D eigenvalue weighted by Gasteiger charge is 2.50. The molecule has 1 N–H and O–H groups in total. The molecule has 8 heteroatoms. The molecule has 1 saturated carbocycles. The van der Waals surface area contributed by atoms with Crippen molar-refractivity contribution in [2.75, 3.05) is 44.7 Å². The Morgan fingerprint density at radius 3 is 2.56 bits per heavy atom. The minimum Gasteiger partial charge on any atom is -0.496 e. The number of hydrogen-bond donors (Lipinski definition) is 1. The SMILES string of the molecule is COc1ccc(CN2CCN(C3CC4(CCN(c5ccc(C=O)c(Oc6cnc7[nH]ccc7c6)c5)CC4)C3)C(c3ccccc3C(C)C)C2)cc1C. The first-order valence-electron chi connectivity index (χ1n) is 19.0. The molecule has 8 rings (SSSR count). The predicted molar refractivity (Wildman–Crippen MR) is 208 cm³/mol. The second-order valence-corrected chi connectivity index (χ2v) is 15.7. The highest BCUT2D eigenvalue weighted by molar-refractivity contribution is 5.81. The fourth-order valence-electron chi connectivity index (χ4n) is 9.18. The first-order chi connectivity index (χ1) is 25.3. The van der Waals surface area contributed by atoms with Gasteiger partial charge in [0.1, 0.15) is 22.9 Å². The topological polar surface area (TPSA) is 73.9 Å². The number of carbonyl (C=O) groups excluding carboxylic acids is 1. The molecule has 1 spiro atoms. The van der Waals surface area contributed by atoms with E-state index in [0.717, 1.165) is 68.0 Å². The molecule has 3 aliphatic rings. The van der Waals surface area contributed by atoms with Crippen molar-refractivity contribution in [3.8, 4) is 17.2 Å². The highest BCUT2D eigenvalue weighted by Crippen LogP contribution is 2.53. The number of benzene rings is 3. The van der Waals surface area contributed by atoms with Gasteiger partial charge >= 0.3 is 0 Å². The van der Waals surface area contributed by atoms with Crippen LogP contribution in [0.4, 0.5) is 5.69 Å². The maximum absolute atomic E-state index is 11.9. The summed E-state index contributed by atoms with van der Waals surface area (Å²) in [6.07, 6.45) is 9.35. The quantitative estimate of drug-likeness (QED) is 0.146. The number of aromatic amines is 1. The number of rotatable bonds is 10. The average Bonchev–Trinajstić information content (AvgIpc) is 3.62. The molecule has 0 amide bonds. The second kappa shape index (κ2) is 14.4. The highest BCUT2D eigenvalue weighted by atomic mass is 16.5. The molecule has 5 aromatic rings. The van der Waals surface area contributed by atoms with Gasteiger partial charge in [-0.1, -0.05) is 50.2 Å². The van der Waals surface area contributed by atoms with Crippen LogP contribution in [-0.4, -0.2) is 71.9 Å². The van der Waals surface area contributed by atoms with E-state index in [9.17, 15) is 4.79 Å². The molecule has 0 bridgehead atoms. The Bertz CT molecular complexity index is 2040. The van der Waals surface area contributed by atoms with E-state index in [4.69, 9.17) is 9.47 Å². The molecular formula is C44H51N5O3. The van der Waals surface area contributed by atoms with Gasteiger partial charge in [-0.05, 0) is 96.5 Å². The van der Waals surface area contributed by atoms with E-state index in [0.29, 0.717) is 40.5 Å². The number of H-pyrrole nitrogens is 1. The number of hydrogen-bond acceptors (Lipinski definition) is 7. The smallest absolute Gasteiger partial charge is 0.153 e. The number of nitrogens with one attached hydrogen (secondary N) is 1. The van der Waals surface area contributed by atoms with Gasteiger partial charge in [0.25, 0.3) is 0 Å². The number of methoxy groups -OCH3 is 1. The third-order valence-electron chi connectivity index (χ3n) is 12.1. The van der Waals surface area contributed by atoms with Gasteiger partial charge in [-0.25, -0.2) is 4.98 Å². The minimum atomic E-state index is 0.386. The van der Waals surface area contributed by atoms with Crippen LogP contribution in [0.25, 0.3) is 11.0 Å². The summed E-state index contributed by atoms with van der Waals surface area (Å²) >= 11 is 0. The van der Waals surface area contributed by atoms with E-state index in [1.165, 1.54) is 47.9 Å². The number of pyridine rings is 1. The molecule has 3 fully saturated rings. The van der Waals surface area contributed by atoms with E-state index in [1.54, 1.807) is 13.3 Å². The summed E-state index contributed by atoms with van der Waals surface area (Å²) in [6.45, 7) is 13.0. The van der Waals surface area contributed by atoms with Gasteiger partial charge in [-0.3, -0.25) is 14.6 Å². The number of nitrogens with zero attached hydrogens (tertiary/aromatic N) is 4. The van der Waals surface area contributed by atoms with Gasteiger partial charge in [0.2, 0.25) is 0 Å². The van der Waals surface area contributed by atoms with Gasteiger partial charge < -0.3 is 19.4 Å².